The summed E-state index contributed by atoms with van der Waals surface area (Å²) in [7, 11) is 1.39. The van der Waals surface area contributed by atoms with Gasteiger partial charge in [0.05, 0.1) is 18.4 Å². The molecule has 0 spiro atoms. The molecular weight excluding hydrogens is 273 g/mol. The zero-order valence-corrected chi connectivity index (χ0v) is 10.4. The van der Waals surface area contributed by atoms with Crippen LogP contribution in [-0.2, 0) is 6.18 Å². The van der Waals surface area contributed by atoms with Crippen LogP contribution in [0.4, 0.5) is 13.2 Å². The van der Waals surface area contributed by atoms with Crippen LogP contribution < -0.4 is 4.74 Å². The molecule has 2 aromatic rings. The van der Waals surface area contributed by atoms with Crippen molar-refractivity contribution >= 4 is 0 Å². The summed E-state index contributed by atoms with van der Waals surface area (Å²) < 4.78 is 42.8. The van der Waals surface area contributed by atoms with E-state index < -0.39 is 17.8 Å². The fourth-order valence-corrected chi connectivity index (χ4v) is 1.67. The normalized spacial score (nSPS) is 13.1. The average Bonchev–Trinajstić information content (AvgIpc) is 2.46. The van der Waals surface area contributed by atoms with E-state index in [9.17, 15) is 18.3 Å². The van der Waals surface area contributed by atoms with Gasteiger partial charge in [-0.3, -0.25) is 0 Å². The van der Waals surface area contributed by atoms with Gasteiger partial charge in [-0.1, -0.05) is 12.1 Å². The largest absolute Gasteiger partial charge is 0.481 e. The van der Waals surface area contributed by atoms with Crippen LogP contribution in [0.3, 0.4) is 0 Å². The van der Waals surface area contributed by atoms with Gasteiger partial charge >= 0.3 is 6.18 Å². The number of halogens is 3. The Morgan fingerprint density at radius 1 is 1.20 bits per heavy atom. The van der Waals surface area contributed by atoms with Gasteiger partial charge in [-0.2, -0.15) is 13.2 Å². The van der Waals surface area contributed by atoms with Crippen LogP contribution in [0.5, 0.6) is 5.88 Å². The maximum Gasteiger partial charge on any atom is 0.416 e. The number of aliphatic hydroxyl groups excluding tert-OH is 1. The van der Waals surface area contributed by atoms with Crippen LogP contribution in [0.15, 0.2) is 36.7 Å². The Kier molecular flexibility index (Phi) is 3.89. The summed E-state index contributed by atoms with van der Waals surface area (Å²) in [6, 6.07) is 5.83. The molecule has 106 valence electrons. The summed E-state index contributed by atoms with van der Waals surface area (Å²) in [4.78, 5) is 7.60. The van der Waals surface area contributed by atoms with E-state index in [0.29, 0.717) is 0 Å². The Labute approximate surface area is 112 Å². The summed E-state index contributed by atoms with van der Waals surface area (Å²) in [5, 5.41) is 10.1. The molecule has 0 aliphatic carbocycles. The van der Waals surface area contributed by atoms with Gasteiger partial charge in [-0.15, -0.1) is 0 Å². The smallest absolute Gasteiger partial charge is 0.416 e. The van der Waals surface area contributed by atoms with Crippen LogP contribution in [0.2, 0.25) is 0 Å². The molecule has 0 saturated heterocycles. The van der Waals surface area contributed by atoms with Crippen LogP contribution in [-0.4, -0.2) is 22.2 Å². The van der Waals surface area contributed by atoms with E-state index in [1.807, 2.05) is 0 Å². The molecule has 0 fully saturated rings. The van der Waals surface area contributed by atoms with Crippen molar-refractivity contribution in [2.24, 2.45) is 0 Å². The van der Waals surface area contributed by atoms with Gasteiger partial charge in [-0.05, 0) is 17.7 Å². The lowest BCUT2D eigenvalue weighted by atomic mass is 10.0. The number of hydrogen-bond donors (Lipinski definition) is 1. The molecule has 1 heterocycles. The van der Waals surface area contributed by atoms with Crippen LogP contribution in [0.1, 0.15) is 22.9 Å². The number of benzene rings is 1. The van der Waals surface area contributed by atoms with Crippen molar-refractivity contribution in [1.82, 2.24) is 9.97 Å². The van der Waals surface area contributed by atoms with Crippen molar-refractivity contribution in [2.75, 3.05) is 7.11 Å². The van der Waals surface area contributed by atoms with E-state index in [4.69, 9.17) is 4.74 Å². The number of nitrogens with zero attached hydrogens (tertiary/aromatic N) is 2. The maximum atomic E-state index is 12.6. The Bertz CT molecular complexity index is 602. The highest BCUT2D eigenvalue weighted by Gasteiger charge is 2.31. The Hall–Kier alpha value is -2.15. The third-order valence-electron chi connectivity index (χ3n) is 2.68. The van der Waals surface area contributed by atoms with Gasteiger partial charge in [0.15, 0.2) is 0 Å². The van der Waals surface area contributed by atoms with Gasteiger partial charge in [0.25, 0.3) is 0 Å². The van der Waals surface area contributed by atoms with Gasteiger partial charge in [0.2, 0.25) is 5.88 Å². The summed E-state index contributed by atoms with van der Waals surface area (Å²) in [6.07, 6.45) is -4.57. The van der Waals surface area contributed by atoms with Crippen molar-refractivity contribution in [3.63, 3.8) is 0 Å². The quantitative estimate of drug-likeness (QED) is 0.941. The third-order valence-corrected chi connectivity index (χ3v) is 2.68. The van der Waals surface area contributed by atoms with Gasteiger partial charge in [-0.25, -0.2) is 9.97 Å². The maximum absolute atomic E-state index is 12.6. The molecule has 0 radical (unpaired) electrons. The number of aromatic nitrogens is 2. The Morgan fingerprint density at radius 2 is 1.95 bits per heavy atom. The molecule has 20 heavy (non-hydrogen) atoms. The predicted molar refractivity (Wildman–Crippen MR) is 64.1 cm³/mol. The summed E-state index contributed by atoms with van der Waals surface area (Å²) in [5.74, 6) is 0.223. The molecule has 1 aromatic carbocycles. The molecule has 7 heteroatoms. The second-order valence-corrected chi connectivity index (χ2v) is 4.01. The molecule has 1 atom stereocenters. The predicted octanol–water partition coefficient (Wildman–Crippen LogP) is 2.59. The molecular formula is C13H11F3N2O2. The molecule has 2 rings (SSSR count). The first kappa shape index (κ1) is 14.3. The van der Waals surface area contributed by atoms with Crippen molar-refractivity contribution < 1.29 is 23.0 Å². The Morgan fingerprint density at radius 3 is 2.60 bits per heavy atom. The first-order valence-electron chi connectivity index (χ1n) is 5.63. The van der Waals surface area contributed by atoms with Crippen LogP contribution in [0.25, 0.3) is 0 Å². The van der Waals surface area contributed by atoms with Crippen LogP contribution in [0, 0.1) is 0 Å². The first-order valence-corrected chi connectivity index (χ1v) is 5.63. The Balaban J connectivity index is 2.35. The summed E-state index contributed by atoms with van der Waals surface area (Å²) in [5.41, 5.74) is -0.563. The van der Waals surface area contributed by atoms with Gasteiger partial charge in [0, 0.05) is 6.07 Å². The molecule has 1 aromatic heterocycles. The first-order chi connectivity index (χ1) is 9.41. The monoisotopic (exact) mass is 284 g/mol. The van der Waals surface area contributed by atoms with E-state index in [2.05, 4.69) is 9.97 Å². The zero-order valence-electron chi connectivity index (χ0n) is 10.4. The lowest BCUT2D eigenvalue weighted by Crippen LogP contribution is -2.08. The molecule has 0 bridgehead atoms. The standard InChI is InChI=1S/C13H11F3N2O2/c1-20-11-6-10(17-7-18-11)12(19)8-3-2-4-9(5-8)13(14,15)16/h2-7,12,19H,1H3. The van der Waals surface area contributed by atoms with Gasteiger partial charge in [0.1, 0.15) is 12.4 Å². The molecule has 0 aliphatic heterocycles. The lowest BCUT2D eigenvalue weighted by Gasteiger charge is -2.13. The minimum Gasteiger partial charge on any atom is -0.481 e. The number of aliphatic hydroxyl groups is 1. The molecule has 1 N–H and O–H groups in total. The van der Waals surface area contributed by atoms with Crippen molar-refractivity contribution in [3.05, 3.63) is 53.5 Å². The number of hydrogen-bond acceptors (Lipinski definition) is 4. The third kappa shape index (κ3) is 3.05. The number of alkyl halides is 3. The van der Waals surface area contributed by atoms with E-state index in [1.165, 1.54) is 31.6 Å². The SMILES string of the molecule is COc1cc(C(O)c2cccc(C(F)(F)F)c2)ncn1. The van der Waals surface area contributed by atoms with E-state index in [0.717, 1.165) is 12.1 Å². The van der Waals surface area contributed by atoms with E-state index >= 15 is 0 Å². The fraction of sp³-hybridized carbons (Fsp3) is 0.231. The van der Waals surface area contributed by atoms with Crippen molar-refractivity contribution in [3.8, 4) is 5.88 Å². The highest BCUT2D eigenvalue weighted by Crippen LogP contribution is 2.32. The number of rotatable bonds is 3. The molecule has 0 amide bonds. The molecule has 4 nitrogen and oxygen atoms in total. The topological polar surface area (TPSA) is 55.2 Å². The van der Waals surface area contributed by atoms with Gasteiger partial charge < -0.3 is 9.84 Å². The number of ether oxygens (including phenoxy) is 1. The minimum absolute atomic E-state index is 0.0978. The summed E-state index contributed by atoms with van der Waals surface area (Å²) >= 11 is 0. The average molecular weight is 284 g/mol. The van der Waals surface area contributed by atoms with E-state index in [1.54, 1.807) is 0 Å². The fourth-order valence-electron chi connectivity index (χ4n) is 1.67. The zero-order chi connectivity index (χ0) is 14.8. The number of methoxy groups -OCH3 is 1. The second kappa shape index (κ2) is 5.46. The molecule has 0 saturated carbocycles. The summed E-state index contributed by atoms with van der Waals surface area (Å²) in [6.45, 7) is 0. The lowest BCUT2D eigenvalue weighted by molar-refractivity contribution is -0.137. The second-order valence-electron chi connectivity index (χ2n) is 4.01. The minimum atomic E-state index is -4.46. The highest BCUT2D eigenvalue weighted by molar-refractivity contribution is 5.32. The van der Waals surface area contributed by atoms with Crippen molar-refractivity contribution in [1.29, 1.82) is 0 Å². The van der Waals surface area contributed by atoms with E-state index in [-0.39, 0.29) is 17.1 Å². The van der Waals surface area contributed by atoms with Crippen LogP contribution >= 0.6 is 0 Å². The van der Waals surface area contributed by atoms with Crippen molar-refractivity contribution in [2.45, 2.75) is 12.3 Å². The highest BCUT2D eigenvalue weighted by atomic mass is 19.4. The molecule has 0 aliphatic rings. The molecule has 1 unspecified atom stereocenters.